The minimum Gasteiger partial charge on any atom is -0.312 e. The van der Waals surface area contributed by atoms with Crippen molar-refractivity contribution in [2.75, 3.05) is 0 Å². The molecule has 114 valence electrons. The third-order valence-electron chi connectivity index (χ3n) is 3.24. The van der Waals surface area contributed by atoms with Gasteiger partial charge >= 0.3 is 5.97 Å². The van der Waals surface area contributed by atoms with Gasteiger partial charge in [-0.2, -0.15) is 0 Å². The highest BCUT2D eigenvalue weighted by atomic mass is 35.5. The molecule has 0 saturated carbocycles. The molecule has 5 heteroatoms. The monoisotopic (exact) mass is 317 g/mol. The highest BCUT2D eigenvalue weighted by Crippen LogP contribution is 2.19. The van der Waals surface area contributed by atoms with Crippen LogP contribution in [-0.4, -0.2) is 17.5 Å². The second-order valence-electron chi connectivity index (χ2n) is 5.31. The fourth-order valence-corrected chi connectivity index (χ4v) is 2.18. The SMILES string of the molecule is CC1=CC(=O)C(C(C)C)=CC1=NOC(=O)c1cccc(Cl)c1. The van der Waals surface area contributed by atoms with Crippen molar-refractivity contribution in [1.29, 1.82) is 0 Å². The van der Waals surface area contributed by atoms with Gasteiger partial charge in [-0.25, -0.2) is 4.79 Å². The Kier molecular flexibility index (Phi) is 4.93. The predicted octanol–water partition coefficient (Wildman–Crippen LogP) is 3.96. The first-order valence-corrected chi connectivity index (χ1v) is 7.25. The van der Waals surface area contributed by atoms with Gasteiger partial charge in [0.25, 0.3) is 0 Å². The molecule has 0 heterocycles. The Bertz CT molecular complexity index is 714. The smallest absolute Gasteiger partial charge is 0.312 e. The summed E-state index contributed by atoms with van der Waals surface area (Å²) in [6.07, 6.45) is 3.16. The highest BCUT2D eigenvalue weighted by molar-refractivity contribution is 6.30. The number of allylic oxidation sites excluding steroid dienone is 4. The van der Waals surface area contributed by atoms with E-state index in [4.69, 9.17) is 16.4 Å². The van der Waals surface area contributed by atoms with E-state index in [0.717, 1.165) is 0 Å². The van der Waals surface area contributed by atoms with E-state index in [1.54, 1.807) is 31.2 Å². The van der Waals surface area contributed by atoms with Gasteiger partial charge < -0.3 is 4.84 Å². The van der Waals surface area contributed by atoms with Crippen molar-refractivity contribution >= 4 is 29.1 Å². The summed E-state index contributed by atoms with van der Waals surface area (Å²) in [7, 11) is 0. The zero-order valence-corrected chi connectivity index (χ0v) is 13.3. The number of hydrogen-bond acceptors (Lipinski definition) is 4. The van der Waals surface area contributed by atoms with Crippen LogP contribution >= 0.6 is 11.6 Å². The standard InChI is InChI=1S/C17H16ClNO3/c1-10(2)14-9-15(11(3)7-16(14)20)19-22-17(21)12-5-4-6-13(18)8-12/h4-10H,1-3H3. The highest BCUT2D eigenvalue weighted by Gasteiger charge is 2.19. The molecule has 0 amide bonds. The van der Waals surface area contributed by atoms with Gasteiger partial charge in [0.15, 0.2) is 5.78 Å². The quantitative estimate of drug-likeness (QED) is 0.481. The number of hydrogen-bond donors (Lipinski definition) is 0. The predicted molar refractivity (Wildman–Crippen MR) is 86.0 cm³/mol. The van der Waals surface area contributed by atoms with E-state index in [-0.39, 0.29) is 11.7 Å². The topological polar surface area (TPSA) is 55.7 Å². The van der Waals surface area contributed by atoms with Crippen LogP contribution in [0.5, 0.6) is 0 Å². The maximum atomic E-state index is 11.9. The van der Waals surface area contributed by atoms with E-state index >= 15 is 0 Å². The fraction of sp³-hybridized carbons (Fsp3) is 0.235. The molecule has 2 rings (SSSR count). The van der Waals surface area contributed by atoms with Crippen molar-refractivity contribution in [2.24, 2.45) is 11.1 Å². The molecule has 0 unspecified atom stereocenters. The number of rotatable bonds is 3. The van der Waals surface area contributed by atoms with Crippen LogP contribution in [-0.2, 0) is 9.63 Å². The Labute approximate surface area is 134 Å². The molecule has 0 radical (unpaired) electrons. The van der Waals surface area contributed by atoms with Gasteiger partial charge in [-0.3, -0.25) is 4.79 Å². The van der Waals surface area contributed by atoms with Crippen LogP contribution in [0.2, 0.25) is 5.02 Å². The maximum absolute atomic E-state index is 11.9. The molecule has 1 aromatic rings. The molecule has 22 heavy (non-hydrogen) atoms. The van der Waals surface area contributed by atoms with Gasteiger partial charge in [-0.15, -0.1) is 0 Å². The van der Waals surface area contributed by atoms with Gasteiger partial charge in [0.1, 0.15) is 5.71 Å². The van der Waals surface area contributed by atoms with Crippen molar-refractivity contribution in [2.45, 2.75) is 20.8 Å². The summed E-state index contributed by atoms with van der Waals surface area (Å²) < 4.78 is 0. The molecule has 4 nitrogen and oxygen atoms in total. The zero-order chi connectivity index (χ0) is 16.3. The molecule has 0 aliphatic heterocycles. The van der Waals surface area contributed by atoms with E-state index < -0.39 is 5.97 Å². The number of halogens is 1. The number of carbonyl (C=O) groups is 2. The van der Waals surface area contributed by atoms with E-state index in [1.165, 1.54) is 12.1 Å². The lowest BCUT2D eigenvalue weighted by atomic mass is 9.90. The van der Waals surface area contributed by atoms with Crippen LogP contribution in [0.1, 0.15) is 31.1 Å². The van der Waals surface area contributed by atoms with Crippen molar-refractivity contribution < 1.29 is 14.4 Å². The van der Waals surface area contributed by atoms with Gasteiger partial charge in [0, 0.05) is 10.6 Å². The van der Waals surface area contributed by atoms with Crippen molar-refractivity contribution in [1.82, 2.24) is 0 Å². The third-order valence-corrected chi connectivity index (χ3v) is 3.47. The summed E-state index contributed by atoms with van der Waals surface area (Å²) in [6.45, 7) is 5.60. The first-order chi connectivity index (χ1) is 10.4. The van der Waals surface area contributed by atoms with Crippen LogP contribution in [0.15, 0.2) is 52.7 Å². The third kappa shape index (κ3) is 3.71. The molecule has 0 fully saturated rings. The average Bonchev–Trinajstić information content (AvgIpc) is 2.45. The van der Waals surface area contributed by atoms with Crippen LogP contribution in [0.3, 0.4) is 0 Å². The molecule has 1 aliphatic rings. The van der Waals surface area contributed by atoms with Crippen molar-refractivity contribution in [3.05, 3.63) is 58.1 Å². The summed E-state index contributed by atoms with van der Waals surface area (Å²) in [4.78, 5) is 28.7. The molecule has 0 spiro atoms. The second kappa shape index (κ2) is 6.71. The molecule has 1 aromatic carbocycles. The number of oxime groups is 1. The average molecular weight is 318 g/mol. The van der Waals surface area contributed by atoms with Gasteiger partial charge in [0.2, 0.25) is 0 Å². The first kappa shape index (κ1) is 16.2. The van der Waals surface area contributed by atoms with Crippen LogP contribution in [0.25, 0.3) is 0 Å². The lowest BCUT2D eigenvalue weighted by molar-refractivity contribution is -0.111. The number of nitrogens with zero attached hydrogens (tertiary/aromatic N) is 1. The molecule has 0 bridgehead atoms. The summed E-state index contributed by atoms with van der Waals surface area (Å²) in [5, 5.41) is 4.31. The molecule has 0 saturated heterocycles. The second-order valence-corrected chi connectivity index (χ2v) is 5.75. The van der Waals surface area contributed by atoms with E-state index in [0.29, 0.717) is 27.4 Å². The van der Waals surface area contributed by atoms with Crippen molar-refractivity contribution in [3.63, 3.8) is 0 Å². The Morgan fingerprint density at radius 3 is 2.64 bits per heavy atom. The van der Waals surface area contributed by atoms with E-state index in [1.807, 2.05) is 13.8 Å². The Morgan fingerprint density at radius 1 is 1.27 bits per heavy atom. The molecule has 0 N–H and O–H groups in total. The summed E-state index contributed by atoms with van der Waals surface area (Å²) in [6, 6.07) is 6.43. The summed E-state index contributed by atoms with van der Waals surface area (Å²) in [5.74, 6) is -0.558. The van der Waals surface area contributed by atoms with Crippen LogP contribution in [0.4, 0.5) is 0 Å². The van der Waals surface area contributed by atoms with Crippen LogP contribution in [0, 0.1) is 5.92 Å². The molecular formula is C17H16ClNO3. The van der Waals surface area contributed by atoms with Gasteiger partial charge in [-0.05, 0) is 48.8 Å². The maximum Gasteiger partial charge on any atom is 0.365 e. The van der Waals surface area contributed by atoms with E-state index in [9.17, 15) is 9.59 Å². The lowest BCUT2D eigenvalue weighted by Gasteiger charge is -2.14. The number of carbonyl (C=O) groups excluding carboxylic acids is 2. The van der Waals surface area contributed by atoms with Crippen LogP contribution < -0.4 is 0 Å². The Hall–Kier alpha value is -2.20. The Balaban J connectivity index is 2.20. The van der Waals surface area contributed by atoms with E-state index in [2.05, 4.69) is 5.16 Å². The molecule has 0 atom stereocenters. The largest absolute Gasteiger partial charge is 0.365 e. The minimum atomic E-state index is -0.598. The fourth-order valence-electron chi connectivity index (χ4n) is 1.99. The number of ketones is 1. The van der Waals surface area contributed by atoms with Gasteiger partial charge in [-0.1, -0.05) is 36.7 Å². The number of benzene rings is 1. The van der Waals surface area contributed by atoms with Crippen molar-refractivity contribution in [3.8, 4) is 0 Å². The summed E-state index contributed by atoms with van der Waals surface area (Å²) in [5.41, 5.74) is 2.09. The summed E-state index contributed by atoms with van der Waals surface area (Å²) >= 11 is 5.83. The first-order valence-electron chi connectivity index (χ1n) is 6.88. The normalized spacial score (nSPS) is 16.6. The minimum absolute atomic E-state index is 0.0346. The Morgan fingerprint density at radius 2 is 2.00 bits per heavy atom. The van der Waals surface area contributed by atoms with Gasteiger partial charge in [0.05, 0.1) is 5.56 Å². The molecule has 1 aliphatic carbocycles. The molecule has 0 aromatic heterocycles. The zero-order valence-electron chi connectivity index (χ0n) is 12.6. The molecular weight excluding hydrogens is 302 g/mol. The lowest BCUT2D eigenvalue weighted by Crippen LogP contribution is -2.16.